The third-order valence-electron chi connectivity index (χ3n) is 3.98. The summed E-state index contributed by atoms with van der Waals surface area (Å²) in [5.41, 5.74) is 0.736. The van der Waals surface area contributed by atoms with Gasteiger partial charge in [0.1, 0.15) is 5.75 Å². The quantitative estimate of drug-likeness (QED) is 0.710. The second kappa shape index (κ2) is 8.06. The van der Waals surface area contributed by atoms with Gasteiger partial charge in [0.05, 0.1) is 18.7 Å². The highest BCUT2D eigenvalue weighted by atomic mass is 35.5. The Bertz CT molecular complexity index is 579. The molecular formula is C16H21ClN2O4. The van der Waals surface area contributed by atoms with Crippen LogP contribution in [-0.4, -0.2) is 36.7 Å². The first-order valence-corrected chi connectivity index (χ1v) is 7.97. The van der Waals surface area contributed by atoms with Crippen LogP contribution in [0, 0.1) is 5.92 Å². The van der Waals surface area contributed by atoms with E-state index in [0.29, 0.717) is 36.6 Å². The summed E-state index contributed by atoms with van der Waals surface area (Å²) in [7, 11) is 1.57. The van der Waals surface area contributed by atoms with E-state index >= 15 is 0 Å². The van der Waals surface area contributed by atoms with Crippen LogP contribution in [0.15, 0.2) is 18.2 Å². The van der Waals surface area contributed by atoms with Gasteiger partial charge in [-0.3, -0.25) is 9.59 Å². The smallest absolute Gasteiger partial charge is 0.306 e. The molecule has 2 rings (SSSR count). The van der Waals surface area contributed by atoms with Gasteiger partial charge < -0.3 is 20.5 Å². The number of nitrogens with one attached hydrogen (secondary N) is 2. The fourth-order valence-electron chi connectivity index (χ4n) is 2.77. The minimum atomic E-state index is -0.781. The average molecular weight is 341 g/mol. The third-order valence-corrected chi connectivity index (χ3v) is 4.21. The van der Waals surface area contributed by atoms with Crippen molar-refractivity contribution in [3.63, 3.8) is 0 Å². The number of carbonyl (C=O) groups excluding carboxylic acids is 1. The molecule has 23 heavy (non-hydrogen) atoms. The van der Waals surface area contributed by atoms with Crippen molar-refractivity contribution in [1.82, 2.24) is 5.32 Å². The summed E-state index contributed by atoms with van der Waals surface area (Å²) < 4.78 is 5.22. The molecule has 0 heterocycles. The van der Waals surface area contributed by atoms with Gasteiger partial charge in [0, 0.05) is 24.0 Å². The highest BCUT2D eigenvalue weighted by Crippen LogP contribution is 2.28. The molecule has 1 fully saturated rings. The second-order valence-electron chi connectivity index (χ2n) is 5.63. The lowest BCUT2D eigenvalue weighted by atomic mass is 10.1. The number of carboxylic acid groups (broad SMARTS) is 1. The summed E-state index contributed by atoms with van der Waals surface area (Å²) in [6.07, 6.45) is 2.15. The number of benzene rings is 1. The molecule has 0 saturated heterocycles. The van der Waals surface area contributed by atoms with Gasteiger partial charge in [-0.1, -0.05) is 11.6 Å². The van der Waals surface area contributed by atoms with E-state index in [1.54, 1.807) is 25.3 Å². The highest BCUT2D eigenvalue weighted by Gasteiger charge is 2.30. The standard InChI is InChI=1S/C16H21ClN2O4/c1-23-14-5-3-11(17)9-13(14)18-7-6-15(20)19-12-4-2-10(8-12)16(21)22/h3,5,9-10,12,18H,2,4,6-8H2,1H3,(H,19,20)(H,21,22)/t10-,12+/m1/s1. The fraction of sp³-hybridized carbons (Fsp3) is 0.500. The van der Waals surface area contributed by atoms with Crippen LogP contribution >= 0.6 is 11.6 Å². The first-order valence-electron chi connectivity index (χ1n) is 7.59. The molecule has 1 aromatic rings. The third kappa shape index (κ3) is 5.03. The van der Waals surface area contributed by atoms with Crippen LogP contribution < -0.4 is 15.4 Å². The van der Waals surface area contributed by atoms with Crippen molar-refractivity contribution in [2.75, 3.05) is 19.0 Å². The maximum absolute atomic E-state index is 11.9. The van der Waals surface area contributed by atoms with E-state index in [2.05, 4.69) is 10.6 Å². The Kier molecular flexibility index (Phi) is 6.10. The summed E-state index contributed by atoms with van der Waals surface area (Å²) in [6.45, 7) is 0.442. The summed E-state index contributed by atoms with van der Waals surface area (Å²) in [6, 6.07) is 5.20. The molecule has 1 aromatic carbocycles. The van der Waals surface area contributed by atoms with Gasteiger partial charge in [-0.15, -0.1) is 0 Å². The average Bonchev–Trinajstić information content (AvgIpc) is 2.96. The number of amides is 1. The van der Waals surface area contributed by atoms with Crippen LogP contribution in [0.3, 0.4) is 0 Å². The maximum atomic E-state index is 11.9. The Hall–Kier alpha value is -1.95. The molecule has 0 aliphatic heterocycles. The summed E-state index contributed by atoms with van der Waals surface area (Å²) in [5.74, 6) is -0.546. The van der Waals surface area contributed by atoms with Gasteiger partial charge >= 0.3 is 5.97 Å². The summed E-state index contributed by atoms with van der Waals surface area (Å²) in [4.78, 5) is 22.8. The van der Waals surface area contributed by atoms with E-state index < -0.39 is 5.97 Å². The van der Waals surface area contributed by atoms with Crippen molar-refractivity contribution in [3.8, 4) is 5.75 Å². The maximum Gasteiger partial charge on any atom is 0.306 e. The van der Waals surface area contributed by atoms with Crippen molar-refractivity contribution in [1.29, 1.82) is 0 Å². The molecule has 6 nitrogen and oxygen atoms in total. The number of methoxy groups -OCH3 is 1. The van der Waals surface area contributed by atoms with Gasteiger partial charge in [0.2, 0.25) is 5.91 Å². The van der Waals surface area contributed by atoms with Crippen LogP contribution in [-0.2, 0) is 9.59 Å². The van der Waals surface area contributed by atoms with Gasteiger partial charge in [-0.05, 0) is 37.5 Å². The van der Waals surface area contributed by atoms with Crippen molar-refractivity contribution in [2.24, 2.45) is 5.92 Å². The van der Waals surface area contributed by atoms with E-state index in [1.807, 2.05) is 0 Å². The lowest BCUT2D eigenvalue weighted by molar-refractivity contribution is -0.141. The molecule has 126 valence electrons. The molecule has 1 aliphatic rings. The predicted octanol–water partition coefficient (Wildman–Crippen LogP) is 2.52. The van der Waals surface area contributed by atoms with Crippen LogP contribution in [0.25, 0.3) is 0 Å². The van der Waals surface area contributed by atoms with E-state index in [0.717, 1.165) is 12.1 Å². The van der Waals surface area contributed by atoms with Crippen molar-refractivity contribution in [3.05, 3.63) is 23.2 Å². The van der Waals surface area contributed by atoms with E-state index in [9.17, 15) is 9.59 Å². The molecule has 1 aliphatic carbocycles. The number of rotatable bonds is 7. The van der Waals surface area contributed by atoms with Crippen LogP contribution in [0.5, 0.6) is 5.75 Å². The van der Waals surface area contributed by atoms with Crippen LogP contribution in [0.4, 0.5) is 5.69 Å². The zero-order valence-corrected chi connectivity index (χ0v) is 13.7. The monoisotopic (exact) mass is 340 g/mol. The van der Waals surface area contributed by atoms with Crippen molar-refractivity contribution in [2.45, 2.75) is 31.7 Å². The van der Waals surface area contributed by atoms with Crippen LogP contribution in [0.2, 0.25) is 5.02 Å². The topological polar surface area (TPSA) is 87.7 Å². The minimum absolute atomic E-state index is 0.0377. The Morgan fingerprint density at radius 2 is 2.17 bits per heavy atom. The molecule has 7 heteroatoms. The van der Waals surface area contributed by atoms with Crippen molar-refractivity contribution < 1.29 is 19.4 Å². The Morgan fingerprint density at radius 3 is 2.83 bits per heavy atom. The van der Waals surface area contributed by atoms with E-state index in [1.165, 1.54) is 0 Å². The number of hydrogen-bond donors (Lipinski definition) is 3. The van der Waals surface area contributed by atoms with Gasteiger partial charge in [0.15, 0.2) is 0 Å². The SMILES string of the molecule is COc1ccc(Cl)cc1NCCC(=O)N[C@H]1CC[C@@H](C(=O)O)C1. The highest BCUT2D eigenvalue weighted by molar-refractivity contribution is 6.30. The summed E-state index contributed by atoms with van der Waals surface area (Å²) in [5, 5.41) is 15.6. The number of aliphatic carboxylic acids is 1. The number of anilines is 1. The van der Waals surface area contributed by atoms with E-state index in [-0.39, 0.29) is 17.9 Å². The molecule has 0 aromatic heterocycles. The Balaban J connectivity index is 1.75. The molecule has 3 N–H and O–H groups in total. The van der Waals surface area contributed by atoms with E-state index in [4.69, 9.17) is 21.4 Å². The molecule has 0 unspecified atom stereocenters. The zero-order chi connectivity index (χ0) is 16.8. The van der Waals surface area contributed by atoms with Gasteiger partial charge in [-0.25, -0.2) is 0 Å². The molecular weight excluding hydrogens is 320 g/mol. The number of hydrogen-bond acceptors (Lipinski definition) is 4. The lowest BCUT2D eigenvalue weighted by Crippen LogP contribution is -2.34. The number of carbonyl (C=O) groups is 2. The predicted molar refractivity (Wildman–Crippen MR) is 88.0 cm³/mol. The number of carboxylic acids is 1. The summed E-state index contributed by atoms with van der Waals surface area (Å²) >= 11 is 5.95. The van der Waals surface area contributed by atoms with Gasteiger partial charge in [0.25, 0.3) is 0 Å². The Morgan fingerprint density at radius 1 is 1.39 bits per heavy atom. The molecule has 2 atom stereocenters. The van der Waals surface area contributed by atoms with Crippen molar-refractivity contribution >= 4 is 29.2 Å². The Labute approximate surface area is 140 Å². The molecule has 0 bridgehead atoms. The van der Waals surface area contributed by atoms with Crippen LogP contribution in [0.1, 0.15) is 25.7 Å². The lowest BCUT2D eigenvalue weighted by Gasteiger charge is -2.14. The normalized spacial score (nSPS) is 20.1. The fourth-order valence-corrected chi connectivity index (χ4v) is 2.94. The number of halogens is 1. The minimum Gasteiger partial charge on any atom is -0.495 e. The molecule has 1 saturated carbocycles. The molecule has 0 radical (unpaired) electrons. The largest absolute Gasteiger partial charge is 0.495 e. The van der Waals surface area contributed by atoms with Gasteiger partial charge in [-0.2, -0.15) is 0 Å². The number of ether oxygens (including phenoxy) is 1. The molecule has 0 spiro atoms. The molecule has 1 amide bonds. The zero-order valence-electron chi connectivity index (χ0n) is 13.0. The second-order valence-corrected chi connectivity index (χ2v) is 6.07. The first kappa shape index (κ1) is 17.4. The first-order chi connectivity index (χ1) is 11.0.